The van der Waals surface area contributed by atoms with E-state index in [0.29, 0.717) is 13.2 Å². The molecular formula is C12H25N3O. The van der Waals surface area contributed by atoms with Crippen LogP contribution in [0.1, 0.15) is 12.8 Å². The van der Waals surface area contributed by atoms with E-state index in [1.54, 1.807) is 0 Å². The molecule has 0 spiro atoms. The summed E-state index contributed by atoms with van der Waals surface area (Å²) in [5, 5.41) is 0. The summed E-state index contributed by atoms with van der Waals surface area (Å²) in [6.07, 6.45) is 2.93. The van der Waals surface area contributed by atoms with Crippen molar-refractivity contribution in [3.63, 3.8) is 0 Å². The molecule has 1 saturated carbocycles. The van der Waals surface area contributed by atoms with Crippen LogP contribution >= 0.6 is 0 Å². The summed E-state index contributed by atoms with van der Waals surface area (Å²) < 4.78 is 5.41. The zero-order valence-corrected chi connectivity index (χ0v) is 10.2. The van der Waals surface area contributed by atoms with Crippen molar-refractivity contribution in [3.8, 4) is 0 Å². The average Bonchev–Trinajstić information content (AvgIpc) is 3.11. The first-order valence-corrected chi connectivity index (χ1v) is 6.61. The smallest absolute Gasteiger partial charge is 0.0594 e. The fourth-order valence-electron chi connectivity index (χ4n) is 2.24. The Hall–Kier alpha value is -0.160. The number of nitrogens with zero attached hydrogens (tertiary/aromatic N) is 2. The second-order valence-electron chi connectivity index (χ2n) is 4.99. The Labute approximate surface area is 98.7 Å². The number of nitrogens with two attached hydrogens (primary N) is 1. The fraction of sp³-hybridized carbons (Fsp3) is 1.00. The Morgan fingerprint density at radius 2 is 1.69 bits per heavy atom. The number of rotatable bonds is 7. The summed E-state index contributed by atoms with van der Waals surface area (Å²) in [4.78, 5) is 5.12. The van der Waals surface area contributed by atoms with Crippen LogP contribution in [0.15, 0.2) is 0 Å². The van der Waals surface area contributed by atoms with Gasteiger partial charge in [-0.2, -0.15) is 0 Å². The molecule has 1 heterocycles. The topological polar surface area (TPSA) is 41.7 Å². The molecule has 1 saturated heterocycles. The van der Waals surface area contributed by atoms with E-state index >= 15 is 0 Å². The van der Waals surface area contributed by atoms with Gasteiger partial charge in [-0.05, 0) is 18.8 Å². The first-order valence-electron chi connectivity index (χ1n) is 6.61. The molecule has 2 N–H and O–H groups in total. The molecule has 0 bridgehead atoms. The van der Waals surface area contributed by atoms with E-state index in [1.165, 1.54) is 45.6 Å². The van der Waals surface area contributed by atoms with Gasteiger partial charge in [-0.15, -0.1) is 0 Å². The van der Waals surface area contributed by atoms with Crippen LogP contribution in [-0.2, 0) is 4.74 Å². The van der Waals surface area contributed by atoms with Gasteiger partial charge in [0.15, 0.2) is 0 Å². The molecule has 0 radical (unpaired) electrons. The van der Waals surface area contributed by atoms with E-state index in [0.717, 1.165) is 19.1 Å². The van der Waals surface area contributed by atoms with E-state index in [1.807, 2.05) is 0 Å². The van der Waals surface area contributed by atoms with Crippen LogP contribution in [0.2, 0.25) is 0 Å². The van der Waals surface area contributed by atoms with E-state index in [4.69, 9.17) is 10.5 Å². The van der Waals surface area contributed by atoms with Gasteiger partial charge in [0.05, 0.1) is 13.2 Å². The maximum Gasteiger partial charge on any atom is 0.0594 e. The Kier molecular flexibility index (Phi) is 5.03. The van der Waals surface area contributed by atoms with E-state index in [9.17, 15) is 0 Å². The quantitative estimate of drug-likeness (QED) is 0.621. The molecule has 0 unspecified atom stereocenters. The maximum atomic E-state index is 5.41. The molecule has 0 aromatic carbocycles. The van der Waals surface area contributed by atoms with Gasteiger partial charge < -0.3 is 15.4 Å². The van der Waals surface area contributed by atoms with Crippen LogP contribution in [0, 0.1) is 5.92 Å². The second kappa shape index (κ2) is 6.55. The summed E-state index contributed by atoms with van der Waals surface area (Å²) in [6.45, 7) is 9.48. The van der Waals surface area contributed by atoms with Crippen LogP contribution in [-0.4, -0.2) is 68.8 Å². The third-order valence-corrected chi connectivity index (χ3v) is 3.49. The normalized spacial score (nSPS) is 23.8. The van der Waals surface area contributed by atoms with Crippen molar-refractivity contribution in [2.24, 2.45) is 11.7 Å². The van der Waals surface area contributed by atoms with Gasteiger partial charge in [0.2, 0.25) is 0 Å². The van der Waals surface area contributed by atoms with Crippen LogP contribution in [0.3, 0.4) is 0 Å². The van der Waals surface area contributed by atoms with Crippen LogP contribution in [0.25, 0.3) is 0 Å². The summed E-state index contributed by atoms with van der Waals surface area (Å²) in [7, 11) is 0. The molecule has 2 aliphatic rings. The third-order valence-electron chi connectivity index (χ3n) is 3.49. The maximum absolute atomic E-state index is 5.41. The molecule has 2 fully saturated rings. The molecule has 16 heavy (non-hydrogen) atoms. The third kappa shape index (κ3) is 4.37. The van der Waals surface area contributed by atoms with E-state index in [-0.39, 0.29) is 0 Å². The van der Waals surface area contributed by atoms with Gasteiger partial charge in [0.25, 0.3) is 0 Å². The Morgan fingerprint density at radius 3 is 2.31 bits per heavy atom. The zero-order valence-electron chi connectivity index (χ0n) is 10.2. The number of hydrogen-bond acceptors (Lipinski definition) is 4. The second-order valence-corrected chi connectivity index (χ2v) is 4.99. The fourth-order valence-corrected chi connectivity index (χ4v) is 2.24. The molecule has 4 heteroatoms. The van der Waals surface area contributed by atoms with Crippen LogP contribution in [0.4, 0.5) is 0 Å². The molecule has 1 aliphatic heterocycles. The first-order chi connectivity index (χ1) is 7.88. The van der Waals surface area contributed by atoms with Gasteiger partial charge in [-0.1, -0.05) is 0 Å². The molecule has 94 valence electrons. The molecule has 0 amide bonds. The van der Waals surface area contributed by atoms with Crippen molar-refractivity contribution in [2.75, 3.05) is 59.0 Å². The molecule has 1 aliphatic carbocycles. The van der Waals surface area contributed by atoms with Crippen molar-refractivity contribution in [2.45, 2.75) is 12.8 Å². The predicted octanol–water partition coefficient (Wildman–Crippen LogP) is -0.0107. The van der Waals surface area contributed by atoms with Crippen LogP contribution < -0.4 is 5.73 Å². The monoisotopic (exact) mass is 227 g/mol. The van der Waals surface area contributed by atoms with Gasteiger partial charge in [-0.25, -0.2) is 0 Å². The predicted molar refractivity (Wildman–Crippen MR) is 65.5 cm³/mol. The molecular weight excluding hydrogens is 202 g/mol. The van der Waals surface area contributed by atoms with Gasteiger partial charge in [0.1, 0.15) is 0 Å². The van der Waals surface area contributed by atoms with Gasteiger partial charge in [0, 0.05) is 45.8 Å². The molecule has 0 aromatic rings. The lowest BCUT2D eigenvalue weighted by molar-refractivity contribution is 0.0773. The minimum atomic E-state index is 0.634. The van der Waals surface area contributed by atoms with Crippen molar-refractivity contribution in [3.05, 3.63) is 0 Å². The van der Waals surface area contributed by atoms with Crippen molar-refractivity contribution in [1.29, 1.82) is 0 Å². The lowest BCUT2D eigenvalue weighted by Crippen LogP contribution is -2.47. The van der Waals surface area contributed by atoms with Gasteiger partial charge in [-0.3, -0.25) is 4.90 Å². The van der Waals surface area contributed by atoms with Crippen molar-refractivity contribution < 1.29 is 4.74 Å². The molecule has 4 nitrogen and oxygen atoms in total. The molecule has 0 aromatic heterocycles. The highest BCUT2D eigenvalue weighted by atomic mass is 16.5. The first kappa shape index (κ1) is 12.3. The Morgan fingerprint density at radius 1 is 1.00 bits per heavy atom. The van der Waals surface area contributed by atoms with E-state index < -0.39 is 0 Å². The van der Waals surface area contributed by atoms with E-state index in [2.05, 4.69) is 9.80 Å². The zero-order chi connectivity index (χ0) is 11.2. The average molecular weight is 227 g/mol. The summed E-state index contributed by atoms with van der Waals surface area (Å²) >= 11 is 0. The highest BCUT2D eigenvalue weighted by Gasteiger charge is 2.26. The van der Waals surface area contributed by atoms with Crippen molar-refractivity contribution >= 4 is 0 Å². The lowest BCUT2D eigenvalue weighted by atomic mass is 10.3. The lowest BCUT2D eigenvalue weighted by Gasteiger charge is -2.34. The molecule has 0 atom stereocenters. The summed E-state index contributed by atoms with van der Waals surface area (Å²) in [5.41, 5.74) is 5.37. The number of piperazine rings is 1. The largest absolute Gasteiger partial charge is 0.379 e. The van der Waals surface area contributed by atoms with Gasteiger partial charge >= 0.3 is 0 Å². The SMILES string of the molecule is NCCOCCN1CCN(CC2CC2)CC1. The van der Waals surface area contributed by atoms with Crippen molar-refractivity contribution in [1.82, 2.24) is 9.80 Å². The summed E-state index contributed by atoms with van der Waals surface area (Å²) in [5.74, 6) is 1.03. The summed E-state index contributed by atoms with van der Waals surface area (Å²) in [6, 6.07) is 0. The minimum Gasteiger partial charge on any atom is -0.379 e. The van der Waals surface area contributed by atoms with Crippen LogP contribution in [0.5, 0.6) is 0 Å². The number of hydrogen-bond donors (Lipinski definition) is 1. The Balaban J connectivity index is 1.50. The minimum absolute atomic E-state index is 0.634. The number of ether oxygens (including phenoxy) is 1. The Bertz CT molecular complexity index is 189. The highest BCUT2D eigenvalue weighted by molar-refractivity contribution is 4.80. The highest BCUT2D eigenvalue weighted by Crippen LogP contribution is 2.29. The molecule has 2 rings (SSSR count). The standard InChI is InChI=1S/C12H25N3O/c13-3-9-16-10-8-14-4-6-15(7-5-14)11-12-1-2-12/h12H,1-11,13H2.